The average Bonchev–Trinajstić information content (AvgIpc) is 2.49. The van der Waals surface area contributed by atoms with Crippen molar-refractivity contribution in [1.29, 1.82) is 0 Å². The summed E-state index contributed by atoms with van der Waals surface area (Å²) < 4.78 is 15.2. The SMILES string of the molecule is COCCNCCNC(=O)c1ccc(OC)c(OC)c1. The van der Waals surface area contributed by atoms with Crippen molar-refractivity contribution in [1.82, 2.24) is 10.6 Å². The minimum absolute atomic E-state index is 0.139. The number of amides is 1. The van der Waals surface area contributed by atoms with Crippen LogP contribution in [0.15, 0.2) is 18.2 Å². The van der Waals surface area contributed by atoms with Crippen LogP contribution in [-0.4, -0.2) is 53.5 Å². The van der Waals surface area contributed by atoms with E-state index in [4.69, 9.17) is 14.2 Å². The molecule has 20 heavy (non-hydrogen) atoms. The number of ether oxygens (including phenoxy) is 3. The van der Waals surface area contributed by atoms with Crippen LogP contribution in [0.5, 0.6) is 11.5 Å². The molecule has 0 aliphatic carbocycles. The molecule has 0 saturated heterocycles. The van der Waals surface area contributed by atoms with Crippen LogP contribution >= 0.6 is 0 Å². The van der Waals surface area contributed by atoms with Crippen molar-refractivity contribution in [2.75, 3.05) is 47.6 Å². The smallest absolute Gasteiger partial charge is 0.251 e. The van der Waals surface area contributed by atoms with Crippen molar-refractivity contribution in [3.63, 3.8) is 0 Å². The van der Waals surface area contributed by atoms with Gasteiger partial charge >= 0.3 is 0 Å². The summed E-state index contributed by atoms with van der Waals surface area (Å²) in [6, 6.07) is 5.08. The zero-order valence-electron chi connectivity index (χ0n) is 12.2. The summed E-state index contributed by atoms with van der Waals surface area (Å²) in [5, 5.41) is 5.98. The van der Waals surface area contributed by atoms with Crippen LogP contribution in [0.2, 0.25) is 0 Å². The fourth-order valence-corrected chi connectivity index (χ4v) is 1.64. The Bertz CT molecular complexity index is 424. The molecule has 1 aromatic rings. The second kappa shape index (κ2) is 9.17. The largest absolute Gasteiger partial charge is 0.493 e. The monoisotopic (exact) mass is 282 g/mol. The summed E-state index contributed by atoms with van der Waals surface area (Å²) in [6.45, 7) is 2.67. The molecule has 0 unspecified atom stereocenters. The Morgan fingerprint density at radius 3 is 2.45 bits per heavy atom. The number of methoxy groups -OCH3 is 3. The quantitative estimate of drug-likeness (QED) is 0.652. The third kappa shape index (κ3) is 5.07. The van der Waals surface area contributed by atoms with Crippen molar-refractivity contribution in [3.05, 3.63) is 23.8 Å². The Balaban J connectivity index is 2.43. The van der Waals surface area contributed by atoms with E-state index in [1.54, 1.807) is 39.5 Å². The normalized spacial score (nSPS) is 10.2. The molecular weight excluding hydrogens is 260 g/mol. The molecule has 6 nitrogen and oxygen atoms in total. The number of hydrogen-bond acceptors (Lipinski definition) is 5. The zero-order valence-corrected chi connectivity index (χ0v) is 12.2. The van der Waals surface area contributed by atoms with E-state index in [0.29, 0.717) is 36.8 Å². The summed E-state index contributed by atoms with van der Waals surface area (Å²) in [6.07, 6.45) is 0. The van der Waals surface area contributed by atoms with E-state index in [9.17, 15) is 4.79 Å². The topological polar surface area (TPSA) is 68.8 Å². The number of nitrogens with one attached hydrogen (secondary N) is 2. The van der Waals surface area contributed by atoms with E-state index in [2.05, 4.69) is 10.6 Å². The molecule has 0 aromatic heterocycles. The van der Waals surface area contributed by atoms with Crippen molar-refractivity contribution in [2.24, 2.45) is 0 Å². The van der Waals surface area contributed by atoms with Gasteiger partial charge < -0.3 is 24.8 Å². The van der Waals surface area contributed by atoms with Gasteiger partial charge in [-0.15, -0.1) is 0 Å². The summed E-state index contributed by atoms with van der Waals surface area (Å²) in [4.78, 5) is 11.9. The molecule has 1 amide bonds. The van der Waals surface area contributed by atoms with E-state index >= 15 is 0 Å². The number of carbonyl (C=O) groups excluding carboxylic acids is 1. The van der Waals surface area contributed by atoms with Crippen molar-refractivity contribution in [2.45, 2.75) is 0 Å². The highest BCUT2D eigenvalue weighted by Crippen LogP contribution is 2.27. The van der Waals surface area contributed by atoms with Gasteiger partial charge in [-0.3, -0.25) is 4.79 Å². The molecule has 1 rings (SSSR count). The van der Waals surface area contributed by atoms with Gasteiger partial charge in [0.05, 0.1) is 20.8 Å². The highest BCUT2D eigenvalue weighted by molar-refractivity contribution is 5.94. The predicted octanol–water partition coefficient (Wildman–Crippen LogP) is 0.670. The van der Waals surface area contributed by atoms with E-state index in [1.807, 2.05) is 0 Å². The first-order chi connectivity index (χ1) is 9.72. The van der Waals surface area contributed by atoms with Crippen molar-refractivity contribution in [3.8, 4) is 11.5 Å². The lowest BCUT2D eigenvalue weighted by Gasteiger charge is -2.10. The second-order valence-electron chi connectivity index (χ2n) is 4.07. The van der Waals surface area contributed by atoms with E-state index in [1.165, 1.54) is 0 Å². The van der Waals surface area contributed by atoms with Crippen LogP contribution in [0.25, 0.3) is 0 Å². The van der Waals surface area contributed by atoms with Gasteiger partial charge in [-0.1, -0.05) is 0 Å². The Labute approximate surface area is 119 Å². The van der Waals surface area contributed by atoms with Crippen LogP contribution in [0.3, 0.4) is 0 Å². The van der Waals surface area contributed by atoms with Crippen molar-refractivity contribution >= 4 is 5.91 Å². The third-order valence-electron chi connectivity index (χ3n) is 2.72. The molecule has 0 aliphatic rings. The van der Waals surface area contributed by atoms with Crippen LogP contribution in [0.1, 0.15) is 10.4 Å². The zero-order chi connectivity index (χ0) is 14.8. The third-order valence-corrected chi connectivity index (χ3v) is 2.72. The van der Waals surface area contributed by atoms with E-state index in [-0.39, 0.29) is 5.91 Å². The predicted molar refractivity (Wildman–Crippen MR) is 76.6 cm³/mol. The minimum Gasteiger partial charge on any atom is -0.493 e. The molecule has 2 N–H and O–H groups in total. The first-order valence-corrected chi connectivity index (χ1v) is 6.42. The molecule has 0 aliphatic heterocycles. The van der Waals surface area contributed by atoms with E-state index < -0.39 is 0 Å². The molecule has 0 atom stereocenters. The maximum atomic E-state index is 11.9. The fraction of sp³-hybridized carbons (Fsp3) is 0.500. The highest BCUT2D eigenvalue weighted by Gasteiger charge is 2.09. The molecule has 112 valence electrons. The first kappa shape index (κ1) is 16.3. The molecule has 0 spiro atoms. The van der Waals surface area contributed by atoms with Gasteiger partial charge in [0.25, 0.3) is 5.91 Å². The Hall–Kier alpha value is -1.79. The summed E-state index contributed by atoms with van der Waals surface area (Å²) in [5.41, 5.74) is 0.541. The molecule has 0 heterocycles. The van der Waals surface area contributed by atoms with Crippen LogP contribution in [-0.2, 0) is 4.74 Å². The summed E-state index contributed by atoms with van der Waals surface area (Å²) in [5.74, 6) is 1.00. The maximum Gasteiger partial charge on any atom is 0.251 e. The number of carbonyl (C=O) groups is 1. The van der Waals surface area contributed by atoms with Gasteiger partial charge in [0.15, 0.2) is 11.5 Å². The Morgan fingerprint density at radius 2 is 1.80 bits per heavy atom. The molecule has 0 saturated carbocycles. The van der Waals surface area contributed by atoms with Gasteiger partial charge in [0.1, 0.15) is 0 Å². The lowest BCUT2D eigenvalue weighted by molar-refractivity contribution is 0.0953. The minimum atomic E-state index is -0.139. The van der Waals surface area contributed by atoms with Crippen LogP contribution in [0, 0.1) is 0 Å². The van der Waals surface area contributed by atoms with Gasteiger partial charge in [-0.25, -0.2) is 0 Å². The molecule has 0 radical (unpaired) electrons. The average molecular weight is 282 g/mol. The molecule has 1 aromatic carbocycles. The van der Waals surface area contributed by atoms with Gasteiger partial charge in [0.2, 0.25) is 0 Å². The standard InChI is InChI=1S/C14H22N2O4/c1-18-9-8-15-6-7-16-14(17)11-4-5-12(19-2)13(10-11)20-3/h4-5,10,15H,6-9H2,1-3H3,(H,16,17). The van der Waals surface area contributed by atoms with Crippen molar-refractivity contribution < 1.29 is 19.0 Å². The number of benzene rings is 1. The Kier molecular flexibility index (Phi) is 7.46. The lowest BCUT2D eigenvalue weighted by Crippen LogP contribution is -2.33. The first-order valence-electron chi connectivity index (χ1n) is 6.42. The van der Waals surface area contributed by atoms with E-state index in [0.717, 1.165) is 6.54 Å². The maximum absolute atomic E-state index is 11.9. The molecule has 0 fully saturated rings. The fourth-order valence-electron chi connectivity index (χ4n) is 1.64. The molecule has 0 bridgehead atoms. The second-order valence-corrected chi connectivity index (χ2v) is 4.07. The van der Waals surface area contributed by atoms with Crippen LogP contribution in [0.4, 0.5) is 0 Å². The van der Waals surface area contributed by atoms with Gasteiger partial charge in [-0.05, 0) is 18.2 Å². The van der Waals surface area contributed by atoms with Gasteiger partial charge in [0, 0.05) is 32.3 Å². The lowest BCUT2D eigenvalue weighted by atomic mass is 10.2. The van der Waals surface area contributed by atoms with Crippen LogP contribution < -0.4 is 20.1 Å². The summed E-state index contributed by atoms with van der Waals surface area (Å²) in [7, 11) is 4.75. The summed E-state index contributed by atoms with van der Waals surface area (Å²) >= 11 is 0. The molecule has 6 heteroatoms. The van der Waals surface area contributed by atoms with Gasteiger partial charge in [-0.2, -0.15) is 0 Å². The molecular formula is C14H22N2O4. The Morgan fingerprint density at radius 1 is 1.05 bits per heavy atom. The highest BCUT2D eigenvalue weighted by atomic mass is 16.5. The number of rotatable bonds is 9. The number of hydrogen-bond donors (Lipinski definition) is 2.